The molecule has 10 heteroatoms. The van der Waals surface area contributed by atoms with Crippen molar-refractivity contribution in [3.05, 3.63) is 52.4 Å². The van der Waals surface area contributed by atoms with E-state index in [9.17, 15) is 27.5 Å². The Morgan fingerprint density at radius 2 is 1.94 bits per heavy atom. The van der Waals surface area contributed by atoms with Crippen LogP contribution in [-0.2, 0) is 4.79 Å². The van der Waals surface area contributed by atoms with Gasteiger partial charge in [-0.15, -0.1) is 11.3 Å². The highest BCUT2D eigenvalue weighted by Crippen LogP contribution is 2.43. The summed E-state index contributed by atoms with van der Waals surface area (Å²) >= 11 is 1.14. The third kappa shape index (κ3) is 5.49. The highest BCUT2D eigenvalue weighted by Gasteiger charge is 2.41. The number of carbonyl (C=O) groups is 1. The van der Waals surface area contributed by atoms with Crippen LogP contribution in [0, 0.1) is 17.1 Å². The number of nitrogens with one attached hydrogen (secondary N) is 2. The predicted octanol–water partition coefficient (Wildman–Crippen LogP) is 6.07. The molecule has 1 aliphatic rings. The van der Waals surface area contributed by atoms with Gasteiger partial charge in [0.2, 0.25) is 0 Å². The Balaban J connectivity index is 1.83. The van der Waals surface area contributed by atoms with Gasteiger partial charge in [0.1, 0.15) is 11.5 Å². The number of nitrogens with zero attached hydrogens (tertiary/aromatic N) is 1. The molecule has 0 spiro atoms. The maximum absolute atomic E-state index is 13.7. The van der Waals surface area contributed by atoms with Gasteiger partial charge in [0.05, 0.1) is 11.6 Å². The van der Waals surface area contributed by atoms with Gasteiger partial charge in [0, 0.05) is 22.6 Å². The topological polar surface area (TPSA) is 86.1 Å². The number of anilines is 1. The van der Waals surface area contributed by atoms with Crippen molar-refractivity contribution in [2.24, 2.45) is 5.92 Å². The van der Waals surface area contributed by atoms with Crippen molar-refractivity contribution in [3.63, 3.8) is 0 Å². The lowest BCUT2D eigenvalue weighted by Gasteiger charge is -2.28. The van der Waals surface area contributed by atoms with Gasteiger partial charge in [-0.2, -0.15) is 13.2 Å². The normalized spacial score (nSPS) is 20.2. The predicted molar refractivity (Wildman–Crippen MR) is 111 cm³/mol. The fraction of sp³-hybridized carbons (Fsp3) is 0.381. The summed E-state index contributed by atoms with van der Waals surface area (Å²) in [5, 5.41) is 22.4. The van der Waals surface area contributed by atoms with Crippen LogP contribution in [0.1, 0.15) is 49.8 Å². The molecule has 1 aromatic heterocycles. The molecule has 5 nitrogen and oxygen atoms in total. The molecule has 0 bridgehead atoms. The minimum absolute atomic E-state index is 0.0226. The molecule has 0 atom stereocenters. The lowest BCUT2D eigenvalue weighted by atomic mass is 9.80. The molecule has 1 heterocycles. The molecule has 1 aromatic carbocycles. The Hall–Kier alpha value is -2.75. The highest BCUT2D eigenvalue weighted by atomic mass is 32.1. The highest BCUT2D eigenvalue weighted by molar-refractivity contribution is 7.13. The van der Waals surface area contributed by atoms with E-state index < -0.39 is 23.9 Å². The first-order chi connectivity index (χ1) is 14.6. The van der Waals surface area contributed by atoms with Gasteiger partial charge in [0.15, 0.2) is 5.13 Å². The number of thiazole rings is 1. The van der Waals surface area contributed by atoms with E-state index in [1.807, 2.05) is 0 Å². The van der Waals surface area contributed by atoms with Crippen molar-refractivity contribution in [1.29, 1.82) is 5.41 Å². The number of alkyl halides is 3. The average molecular weight is 455 g/mol. The van der Waals surface area contributed by atoms with Crippen LogP contribution >= 0.6 is 11.3 Å². The van der Waals surface area contributed by atoms with E-state index in [1.165, 1.54) is 25.1 Å². The van der Waals surface area contributed by atoms with Crippen LogP contribution in [0.25, 0.3) is 5.57 Å². The summed E-state index contributed by atoms with van der Waals surface area (Å²) in [6.07, 6.45) is -3.36. The quantitative estimate of drug-likeness (QED) is 0.281. The summed E-state index contributed by atoms with van der Waals surface area (Å²) in [6, 6.07) is 5.29. The number of carboxylic acids is 1. The first kappa shape index (κ1) is 22.9. The number of rotatable bonds is 6. The van der Waals surface area contributed by atoms with Gasteiger partial charge in [-0.3, -0.25) is 0 Å². The molecule has 0 radical (unpaired) electrons. The smallest absolute Gasteiger partial charge is 0.391 e. The maximum atomic E-state index is 13.7. The Bertz CT molecular complexity index is 1010. The zero-order chi connectivity index (χ0) is 22.8. The number of aliphatic carboxylic acids is 1. The summed E-state index contributed by atoms with van der Waals surface area (Å²) in [7, 11) is 0. The molecule has 166 valence electrons. The molecule has 0 saturated heterocycles. The summed E-state index contributed by atoms with van der Waals surface area (Å²) < 4.78 is 52.3. The van der Waals surface area contributed by atoms with E-state index in [-0.39, 0.29) is 46.4 Å². The average Bonchev–Trinajstić information content (AvgIpc) is 3.15. The van der Waals surface area contributed by atoms with Crippen LogP contribution in [0.15, 0.2) is 35.3 Å². The van der Waals surface area contributed by atoms with Crippen LogP contribution in [0.2, 0.25) is 0 Å². The Morgan fingerprint density at radius 1 is 1.26 bits per heavy atom. The van der Waals surface area contributed by atoms with Crippen molar-refractivity contribution in [3.8, 4) is 0 Å². The third-order valence-electron chi connectivity index (χ3n) is 5.31. The number of carboxylic acid groups (broad SMARTS) is 1. The Morgan fingerprint density at radius 3 is 2.48 bits per heavy atom. The van der Waals surface area contributed by atoms with Crippen LogP contribution in [0.3, 0.4) is 0 Å². The van der Waals surface area contributed by atoms with Gasteiger partial charge >= 0.3 is 12.1 Å². The third-order valence-corrected chi connectivity index (χ3v) is 6.09. The molecule has 2 aromatic rings. The van der Waals surface area contributed by atoms with E-state index in [2.05, 4.69) is 10.3 Å². The van der Waals surface area contributed by atoms with Gasteiger partial charge in [-0.1, -0.05) is 12.1 Å². The van der Waals surface area contributed by atoms with E-state index in [0.29, 0.717) is 18.5 Å². The van der Waals surface area contributed by atoms with Gasteiger partial charge in [-0.25, -0.2) is 14.2 Å². The van der Waals surface area contributed by atoms with Crippen molar-refractivity contribution >= 4 is 33.7 Å². The lowest BCUT2D eigenvalue weighted by Crippen LogP contribution is -2.27. The molecule has 0 unspecified atom stereocenters. The minimum Gasteiger partial charge on any atom is -0.477 e. The van der Waals surface area contributed by atoms with Gasteiger partial charge in [0.25, 0.3) is 0 Å². The molecule has 3 rings (SSSR count). The second-order valence-electron chi connectivity index (χ2n) is 7.48. The second kappa shape index (κ2) is 9.17. The van der Waals surface area contributed by atoms with Crippen LogP contribution in [-0.4, -0.2) is 27.9 Å². The number of hydrogen-bond acceptors (Lipinski definition) is 5. The van der Waals surface area contributed by atoms with Gasteiger partial charge < -0.3 is 15.8 Å². The van der Waals surface area contributed by atoms with Crippen molar-refractivity contribution < 1.29 is 27.5 Å². The molecule has 1 aliphatic carbocycles. The lowest BCUT2D eigenvalue weighted by molar-refractivity contribution is -0.182. The summed E-state index contributed by atoms with van der Waals surface area (Å²) in [5.41, 5.74) is 0.489. The number of hydrogen-bond donors (Lipinski definition) is 3. The second-order valence-corrected chi connectivity index (χ2v) is 8.34. The first-order valence-corrected chi connectivity index (χ1v) is 10.5. The van der Waals surface area contributed by atoms with E-state index >= 15 is 0 Å². The standard InChI is InChI=1S/C21H21F4N3O2S/c1-11(26)17(13-3-2-4-15(22)9-13)18(19(29)30)28-20-27-16(10-31-20)12-5-7-14(8-6-12)21(23,24)25/h2-4,9-10,12,14,26H,5-8H2,1H3,(H,27,28)(H,29,30)/b18-17+,26-11?. The fourth-order valence-electron chi connectivity index (χ4n) is 3.77. The Kier molecular flexibility index (Phi) is 6.78. The van der Waals surface area contributed by atoms with Crippen LogP contribution in [0.4, 0.5) is 22.7 Å². The van der Waals surface area contributed by atoms with Gasteiger partial charge in [-0.05, 0) is 50.3 Å². The number of benzene rings is 1. The van der Waals surface area contributed by atoms with E-state index in [0.717, 1.165) is 17.4 Å². The van der Waals surface area contributed by atoms with Crippen LogP contribution < -0.4 is 5.32 Å². The van der Waals surface area contributed by atoms with Crippen molar-refractivity contribution in [1.82, 2.24) is 4.98 Å². The minimum atomic E-state index is -4.18. The first-order valence-electron chi connectivity index (χ1n) is 9.64. The number of aromatic nitrogens is 1. The monoisotopic (exact) mass is 455 g/mol. The largest absolute Gasteiger partial charge is 0.477 e. The SMILES string of the molecule is CC(=N)/C(=C(\Nc1nc(C2CCC(C(F)(F)F)CC2)cs1)C(=O)O)c1cccc(F)c1. The number of allylic oxidation sites excluding steroid dienone is 1. The Labute approximate surface area is 180 Å². The zero-order valence-corrected chi connectivity index (χ0v) is 17.4. The van der Waals surface area contributed by atoms with Crippen molar-refractivity contribution in [2.45, 2.75) is 44.7 Å². The molecule has 1 saturated carbocycles. The summed E-state index contributed by atoms with van der Waals surface area (Å²) in [5.74, 6) is -3.30. The van der Waals surface area contributed by atoms with E-state index in [1.54, 1.807) is 5.38 Å². The van der Waals surface area contributed by atoms with Crippen molar-refractivity contribution in [2.75, 3.05) is 5.32 Å². The molecule has 0 amide bonds. The summed E-state index contributed by atoms with van der Waals surface area (Å²) in [6.45, 7) is 1.40. The molecular formula is C21H21F4N3O2S. The van der Waals surface area contributed by atoms with Crippen LogP contribution in [0.5, 0.6) is 0 Å². The molecule has 31 heavy (non-hydrogen) atoms. The molecule has 0 aliphatic heterocycles. The molecular weight excluding hydrogens is 434 g/mol. The zero-order valence-electron chi connectivity index (χ0n) is 16.6. The molecule has 1 fully saturated rings. The van der Waals surface area contributed by atoms with E-state index in [4.69, 9.17) is 5.41 Å². The summed E-state index contributed by atoms with van der Waals surface area (Å²) in [4.78, 5) is 16.3. The molecule has 3 N–H and O–H groups in total. The fourth-order valence-corrected chi connectivity index (χ4v) is 4.57. The maximum Gasteiger partial charge on any atom is 0.391 e. The number of halogens is 4.